The number of hydrogen-bond donors (Lipinski definition) is 3. The first kappa shape index (κ1) is 37.9. The van der Waals surface area contributed by atoms with E-state index in [0.29, 0.717) is 30.4 Å². The first-order chi connectivity index (χ1) is 25.9. The van der Waals surface area contributed by atoms with Crippen molar-refractivity contribution in [3.8, 4) is 16.8 Å². The first-order valence-corrected chi connectivity index (χ1v) is 19.0. The molecule has 4 aromatic carbocycles. The molecule has 4 atom stereocenters. The van der Waals surface area contributed by atoms with Gasteiger partial charge < -0.3 is 25.2 Å². The fourth-order valence-electron chi connectivity index (χ4n) is 6.30. The lowest BCUT2D eigenvalue weighted by Gasteiger charge is -2.41. The van der Waals surface area contributed by atoms with Crippen molar-refractivity contribution in [1.82, 2.24) is 30.8 Å². The molecule has 2 heterocycles. The molecule has 0 radical (unpaired) electrons. The van der Waals surface area contributed by atoms with E-state index in [1.807, 2.05) is 78.9 Å². The van der Waals surface area contributed by atoms with Gasteiger partial charge in [-0.2, -0.15) is 4.68 Å². The van der Waals surface area contributed by atoms with Crippen molar-refractivity contribution in [2.45, 2.75) is 76.3 Å². The van der Waals surface area contributed by atoms with Crippen LogP contribution in [0.3, 0.4) is 0 Å². The Balaban J connectivity index is 1.11. The Morgan fingerprint density at radius 2 is 1.60 bits per heavy atom. The number of aromatic nitrogens is 4. The predicted octanol–water partition coefficient (Wildman–Crippen LogP) is 6.72. The minimum atomic E-state index is -0.606. The van der Waals surface area contributed by atoms with E-state index in [-0.39, 0.29) is 36.5 Å². The third-order valence-corrected chi connectivity index (χ3v) is 10.3. The van der Waals surface area contributed by atoms with Crippen molar-refractivity contribution in [3.63, 3.8) is 0 Å². The molecule has 1 saturated heterocycles. The molecule has 1 aliphatic rings. The van der Waals surface area contributed by atoms with Crippen molar-refractivity contribution < 1.29 is 24.2 Å². The third-order valence-electron chi connectivity index (χ3n) is 9.33. The van der Waals surface area contributed by atoms with E-state index >= 15 is 0 Å². The summed E-state index contributed by atoms with van der Waals surface area (Å²) in [7, 11) is 0. The quantitative estimate of drug-likeness (QED) is 0.0745. The molecule has 4 unspecified atom stereocenters. The zero-order valence-corrected chi connectivity index (χ0v) is 30.9. The van der Waals surface area contributed by atoms with Crippen LogP contribution in [-0.4, -0.2) is 55.5 Å². The number of rotatable bonds is 16. The summed E-state index contributed by atoms with van der Waals surface area (Å²) in [6.45, 7) is 4.73. The van der Waals surface area contributed by atoms with Crippen molar-refractivity contribution in [1.29, 1.82) is 0 Å². The second-order valence-corrected chi connectivity index (χ2v) is 14.2. The number of aliphatic hydroxyl groups excluding tert-OH is 1. The monoisotopic (exact) mass is 734 g/mol. The van der Waals surface area contributed by atoms with Gasteiger partial charge in [-0.3, -0.25) is 9.59 Å². The number of amides is 2. The Hall–Kier alpha value is -4.88. The highest BCUT2D eigenvalue weighted by Crippen LogP contribution is 2.43. The van der Waals surface area contributed by atoms with E-state index in [0.717, 1.165) is 58.3 Å². The van der Waals surface area contributed by atoms with Crippen LogP contribution < -0.4 is 10.6 Å². The molecule has 276 valence electrons. The third kappa shape index (κ3) is 10.4. The van der Waals surface area contributed by atoms with Crippen LogP contribution in [0.5, 0.6) is 0 Å². The van der Waals surface area contributed by atoms with Gasteiger partial charge in [-0.25, -0.2) is 0 Å². The summed E-state index contributed by atoms with van der Waals surface area (Å²) in [5.74, 6) is 0.617. The number of tetrazole rings is 1. The predicted molar refractivity (Wildman–Crippen MR) is 204 cm³/mol. The molecule has 1 fully saturated rings. The Bertz CT molecular complexity index is 1920. The standard InChI is InChI=1S/C41H46N6O5S/c1-28-37(27-53-41-44-45-46-47(41)36-12-5-3-6-13-36)51-40(52-39(28)33-17-15-30(26-48)16-18-33)34-21-19-32(20-22-34)35-11-9-10-31(24-35)25-43-38(50)14-7-4-8-23-42-29(2)49/h3,5-6,9-13,15-22,24,28,37,39-40,48H,4,7-8,14,23,25-27H2,1-2H3,(H,42,49)(H,43,50). The molecule has 5 aromatic rings. The van der Waals surface area contributed by atoms with Crippen LogP contribution in [0, 0.1) is 5.92 Å². The highest BCUT2D eigenvalue weighted by molar-refractivity contribution is 7.99. The van der Waals surface area contributed by atoms with Gasteiger partial charge in [0.25, 0.3) is 0 Å². The molecule has 0 aliphatic carbocycles. The topological polar surface area (TPSA) is 140 Å². The Labute approximate surface area is 314 Å². The highest BCUT2D eigenvalue weighted by atomic mass is 32.2. The smallest absolute Gasteiger partial charge is 0.220 e. The Morgan fingerprint density at radius 3 is 2.36 bits per heavy atom. The molecule has 12 heteroatoms. The molecule has 0 saturated carbocycles. The van der Waals surface area contributed by atoms with Crippen LogP contribution in [0.2, 0.25) is 0 Å². The average molecular weight is 735 g/mol. The number of nitrogens with zero attached hydrogens (tertiary/aromatic N) is 4. The molecule has 6 rings (SSSR count). The van der Waals surface area contributed by atoms with Gasteiger partial charge in [-0.05, 0) is 69.3 Å². The van der Waals surface area contributed by atoms with Gasteiger partial charge in [0.1, 0.15) is 0 Å². The summed E-state index contributed by atoms with van der Waals surface area (Å²) in [5, 5.41) is 28.5. The van der Waals surface area contributed by atoms with Crippen LogP contribution in [0.15, 0.2) is 108 Å². The van der Waals surface area contributed by atoms with E-state index in [1.165, 1.54) is 6.92 Å². The molecule has 1 aromatic heterocycles. The lowest BCUT2D eigenvalue weighted by atomic mass is 9.91. The van der Waals surface area contributed by atoms with Gasteiger partial charge in [-0.1, -0.05) is 110 Å². The minimum absolute atomic E-state index is 0.0114. The SMILES string of the molecule is CC(=O)NCCCCCC(=O)NCc1cccc(-c2ccc(C3OC(CSc4nnnn4-c4ccccc4)C(C)C(c4ccc(CO)cc4)O3)cc2)c1. The normalized spacial score (nSPS) is 18.4. The molecule has 1 aliphatic heterocycles. The van der Waals surface area contributed by atoms with Gasteiger partial charge in [0.05, 0.1) is 24.5 Å². The van der Waals surface area contributed by atoms with Crippen molar-refractivity contribution in [3.05, 3.63) is 125 Å². The van der Waals surface area contributed by atoms with Gasteiger partial charge in [0.15, 0.2) is 6.29 Å². The molecular weight excluding hydrogens is 689 g/mol. The van der Waals surface area contributed by atoms with Crippen LogP contribution in [0.25, 0.3) is 16.8 Å². The lowest BCUT2D eigenvalue weighted by molar-refractivity contribution is -0.268. The van der Waals surface area contributed by atoms with Crippen LogP contribution in [0.1, 0.15) is 74.2 Å². The lowest BCUT2D eigenvalue weighted by Crippen LogP contribution is -2.38. The maximum absolute atomic E-state index is 12.4. The van der Waals surface area contributed by atoms with Crippen LogP contribution >= 0.6 is 11.8 Å². The molecule has 0 bridgehead atoms. The molecular formula is C41H46N6O5S. The van der Waals surface area contributed by atoms with Gasteiger partial charge in [0.2, 0.25) is 17.0 Å². The summed E-state index contributed by atoms with van der Waals surface area (Å²) in [6.07, 6.45) is 1.98. The summed E-state index contributed by atoms with van der Waals surface area (Å²) >= 11 is 1.55. The number of unbranched alkanes of at least 4 members (excludes halogenated alkanes) is 2. The molecule has 2 amide bonds. The summed E-state index contributed by atoms with van der Waals surface area (Å²) in [5.41, 5.74) is 6.77. The van der Waals surface area contributed by atoms with Gasteiger partial charge in [-0.15, -0.1) is 5.10 Å². The minimum Gasteiger partial charge on any atom is -0.392 e. The number of hydrogen-bond acceptors (Lipinski definition) is 9. The fraction of sp³-hybridized carbons (Fsp3) is 0.341. The van der Waals surface area contributed by atoms with Gasteiger partial charge in [0, 0.05) is 43.7 Å². The second-order valence-electron chi connectivity index (χ2n) is 13.2. The van der Waals surface area contributed by atoms with Crippen molar-refractivity contribution in [2.75, 3.05) is 12.3 Å². The van der Waals surface area contributed by atoms with E-state index in [9.17, 15) is 14.7 Å². The van der Waals surface area contributed by atoms with E-state index in [2.05, 4.69) is 57.3 Å². The van der Waals surface area contributed by atoms with E-state index < -0.39 is 6.29 Å². The van der Waals surface area contributed by atoms with E-state index in [1.54, 1.807) is 16.4 Å². The summed E-state index contributed by atoms with van der Waals surface area (Å²) < 4.78 is 15.1. The number of benzene rings is 4. The molecule has 3 N–H and O–H groups in total. The number of ether oxygens (including phenoxy) is 2. The Morgan fingerprint density at radius 1 is 0.830 bits per heavy atom. The molecule has 53 heavy (non-hydrogen) atoms. The van der Waals surface area contributed by atoms with Gasteiger partial charge >= 0.3 is 0 Å². The number of carbonyl (C=O) groups is 2. The number of aliphatic hydroxyl groups is 1. The van der Waals surface area contributed by atoms with Crippen LogP contribution in [-0.2, 0) is 32.2 Å². The highest BCUT2D eigenvalue weighted by Gasteiger charge is 2.38. The largest absolute Gasteiger partial charge is 0.392 e. The first-order valence-electron chi connectivity index (χ1n) is 18.1. The number of para-hydroxylation sites is 1. The van der Waals surface area contributed by atoms with Crippen molar-refractivity contribution >= 4 is 23.6 Å². The number of nitrogens with one attached hydrogen (secondary N) is 2. The average Bonchev–Trinajstić information content (AvgIpc) is 3.67. The molecule has 0 spiro atoms. The molecule has 11 nitrogen and oxygen atoms in total. The Kier molecular flexibility index (Phi) is 13.4. The number of thioether (sulfide) groups is 1. The summed E-state index contributed by atoms with van der Waals surface area (Å²) in [4.78, 5) is 23.4. The summed E-state index contributed by atoms with van der Waals surface area (Å²) in [6, 6.07) is 34.1. The zero-order chi connectivity index (χ0) is 37.0. The van der Waals surface area contributed by atoms with Crippen molar-refractivity contribution in [2.24, 2.45) is 5.92 Å². The van der Waals surface area contributed by atoms with E-state index in [4.69, 9.17) is 9.47 Å². The van der Waals surface area contributed by atoms with Crippen LogP contribution in [0.4, 0.5) is 0 Å². The maximum atomic E-state index is 12.4. The number of carbonyl (C=O) groups excluding carboxylic acids is 2. The second kappa shape index (κ2) is 18.7. The zero-order valence-electron chi connectivity index (χ0n) is 30.1. The maximum Gasteiger partial charge on any atom is 0.220 e. The fourth-order valence-corrected chi connectivity index (χ4v) is 7.35.